The summed E-state index contributed by atoms with van der Waals surface area (Å²) in [6, 6.07) is 10.6. The number of nitrogens with one attached hydrogen (secondary N) is 2. The van der Waals surface area contributed by atoms with Gasteiger partial charge in [0, 0.05) is 45.4 Å². The maximum atomic E-state index is 13.4. The van der Waals surface area contributed by atoms with Crippen molar-refractivity contribution >= 4 is 28.6 Å². The number of alkyl halides is 2. The molecule has 2 N–H and O–H groups in total. The fourth-order valence-corrected chi connectivity index (χ4v) is 3.81. The van der Waals surface area contributed by atoms with Crippen LogP contribution in [0.3, 0.4) is 0 Å². The summed E-state index contributed by atoms with van der Waals surface area (Å²) in [5, 5.41) is 9.53. The highest BCUT2D eigenvalue weighted by molar-refractivity contribution is 5.98. The molecule has 1 aromatic carbocycles. The van der Waals surface area contributed by atoms with E-state index in [4.69, 9.17) is 4.42 Å². The first-order valence-corrected chi connectivity index (χ1v) is 11.4. The number of rotatable bonds is 7. The van der Waals surface area contributed by atoms with Crippen molar-refractivity contribution in [2.24, 2.45) is 7.05 Å². The Morgan fingerprint density at radius 1 is 1.03 bits per heavy atom. The number of hydrogen-bond donors (Lipinski definition) is 2. The van der Waals surface area contributed by atoms with E-state index in [-0.39, 0.29) is 35.8 Å². The van der Waals surface area contributed by atoms with Crippen LogP contribution in [0.5, 0.6) is 0 Å². The third-order valence-corrected chi connectivity index (χ3v) is 5.86. The third-order valence-electron chi connectivity index (χ3n) is 5.86. The second-order valence-electron chi connectivity index (χ2n) is 8.66. The maximum Gasteiger partial charge on any atom is 0.419 e. The smallest absolute Gasteiger partial charge is 0.408 e. The van der Waals surface area contributed by atoms with Gasteiger partial charge in [0.25, 0.3) is 17.7 Å². The summed E-state index contributed by atoms with van der Waals surface area (Å²) in [5.41, 5.74) is 2.24. The molecule has 5 rings (SSSR count). The lowest BCUT2D eigenvalue weighted by Crippen LogP contribution is -2.28. The van der Waals surface area contributed by atoms with E-state index in [2.05, 4.69) is 25.7 Å². The normalized spacial score (nSPS) is 11.7. The summed E-state index contributed by atoms with van der Waals surface area (Å²) in [5.74, 6) is -4.62. The topological polar surface area (TPSA) is 136 Å². The molecule has 0 atom stereocenters. The monoisotopic (exact) mass is 521 g/mol. The summed E-state index contributed by atoms with van der Waals surface area (Å²) in [6.07, 6.45) is 2.71. The first-order chi connectivity index (χ1) is 18.1. The zero-order valence-electron chi connectivity index (χ0n) is 20.2. The lowest BCUT2D eigenvalue weighted by atomic mass is 10.2. The van der Waals surface area contributed by atoms with Crippen molar-refractivity contribution in [2.45, 2.75) is 25.9 Å². The van der Waals surface area contributed by atoms with Crippen LogP contribution in [0, 0.1) is 0 Å². The molecule has 0 spiro atoms. The molecule has 4 heterocycles. The van der Waals surface area contributed by atoms with Gasteiger partial charge in [0.15, 0.2) is 11.2 Å². The molecule has 194 valence electrons. The summed E-state index contributed by atoms with van der Waals surface area (Å²) >= 11 is 0. The Bertz CT molecular complexity index is 1730. The number of benzene rings is 1. The summed E-state index contributed by atoms with van der Waals surface area (Å²) in [7, 11) is 1.59. The summed E-state index contributed by atoms with van der Waals surface area (Å²) in [4.78, 5) is 45.6. The standard InChI is InChI=1S/C25H21F2N7O4/c1-25(26,27)20-6-4-15(12-28-20)13-30-23(36)18-10-16(32-21-7-8-31-34(18)21)22(35)29-11-14-3-5-19-17(9-14)33(2)24(37)38-19/h3-10,12H,11,13H2,1-2H3,(H,29,35)(H,30,36). The van der Waals surface area contributed by atoms with Crippen molar-refractivity contribution in [1.82, 2.24) is 34.8 Å². The van der Waals surface area contributed by atoms with Crippen LogP contribution in [0.4, 0.5) is 8.78 Å². The number of carbonyl (C=O) groups excluding carboxylic acids is 2. The second-order valence-corrected chi connectivity index (χ2v) is 8.66. The number of aryl methyl sites for hydroxylation is 1. The van der Waals surface area contributed by atoms with Gasteiger partial charge in [-0.25, -0.2) is 14.3 Å². The Kier molecular flexibility index (Phi) is 6.18. The number of amides is 2. The van der Waals surface area contributed by atoms with Gasteiger partial charge in [-0.3, -0.25) is 19.1 Å². The van der Waals surface area contributed by atoms with Crippen LogP contribution in [-0.4, -0.2) is 36.0 Å². The number of fused-ring (bicyclic) bond motifs is 2. The minimum absolute atomic E-state index is 0.00358. The van der Waals surface area contributed by atoms with Crippen molar-refractivity contribution in [1.29, 1.82) is 0 Å². The van der Waals surface area contributed by atoms with Crippen LogP contribution in [-0.2, 0) is 26.1 Å². The lowest BCUT2D eigenvalue weighted by Gasteiger charge is -2.11. The van der Waals surface area contributed by atoms with E-state index in [1.165, 1.54) is 39.7 Å². The Balaban J connectivity index is 1.31. The van der Waals surface area contributed by atoms with E-state index in [1.807, 2.05) is 0 Å². The van der Waals surface area contributed by atoms with Gasteiger partial charge in [-0.15, -0.1) is 0 Å². The molecule has 0 saturated carbocycles. The Hall–Kier alpha value is -4.94. The molecule has 11 nitrogen and oxygen atoms in total. The lowest BCUT2D eigenvalue weighted by molar-refractivity contribution is 0.0127. The predicted molar refractivity (Wildman–Crippen MR) is 131 cm³/mol. The number of oxazole rings is 1. The number of pyridine rings is 1. The zero-order chi connectivity index (χ0) is 27.0. The molecule has 38 heavy (non-hydrogen) atoms. The molecule has 0 radical (unpaired) electrons. The Morgan fingerprint density at radius 2 is 1.76 bits per heavy atom. The van der Waals surface area contributed by atoms with Crippen molar-refractivity contribution in [3.05, 3.63) is 93.6 Å². The minimum Gasteiger partial charge on any atom is -0.408 e. The molecule has 0 aliphatic heterocycles. The number of hydrogen-bond acceptors (Lipinski definition) is 7. The van der Waals surface area contributed by atoms with Gasteiger partial charge in [0.2, 0.25) is 0 Å². The van der Waals surface area contributed by atoms with Crippen LogP contribution < -0.4 is 16.4 Å². The molecule has 0 bridgehead atoms. The average molecular weight is 521 g/mol. The molecule has 13 heteroatoms. The van der Waals surface area contributed by atoms with Crippen molar-refractivity contribution < 1.29 is 22.8 Å². The van der Waals surface area contributed by atoms with E-state index in [0.717, 1.165) is 12.5 Å². The zero-order valence-corrected chi connectivity index (χ0v) is 20.2. The highest BCUT2D eigenvalue weighted by Crippen LogP contribution is 2.24. The molecule has 0 unspecified atom stereocenters. The van der Waals surface area contributed by atoms with Crippen molar-refractivity contribution in [3.8, 4) is 0 Å². The number of carbonyl (C=O) groups is 2. The van der Waals surface area contributed by atoms with Gasteiger partial charge in [-0.05, 0) is 29.3 Å². The average Bonchev–Trinajstić information content (AvgIpc) is 3.49. The summed E-state index contributed by atoms with van der Waals surface area (Å²) in [6.45, 7) is 0.916. The van der Waals surface area contributed by atoms with Crippen LogP contribution in [0.15, 0.2) is 64.1 Å². The van der Waals surface area contributed by atoms with Crippen molar-refractivity contribution in [3.63, 3.8) is 0 Å². The fourth-order valence-electron chi connectivity index (χ4n) is 3.81. The summed E-state index contributed by atoms with van der Waals surface area (Å²) < 4.78 is 34.5. The van der Waals surface area contributed by atoms with Crippen LogP contribution in [0.25, 0.3) is 16.7 Å². The van der Waals surface area contributed by atoms with Gasteiger partial charge in [0.05, 0.1) is 11.7 Å². The Morgan fingerprint density at radius 3 is 2.50 bits per heavy atom. The molecule has 0 aliphatic rings. The van der Waals surface area contributed by atoms with E-state index in [0.29, 0.717) is 16.7 Å². The van der Waals surface area contributed by atoms with Gasteiger partial charge in [-0.2, -0.15) is 13.9 Å². The molecule has 0 aliphatic carbocycles. The number of halogens is 2. The second kappa shape index (κ2) is 9.50. The first kappa shape index (κ1) is 24.7. The SMILES string of the molecule is Cn1c(=O)oc2ccc(CNC(=O)c3cc(C(=O)NCc4ccc(C(C)(F)F)nc4)n4nccc4n3)cc21. The molecule has 5 aromatic rings. The third kappa shape index (κ3) is 4.85. The minimum atomic E-state index is -3.06. The van der Waals surface area contributed by atoms with E-state index < -0.39 is 23.5 Å². The van der Waals surface area contributed by atoms with E-state index >= 15 is 0 Å². The van der Waals surface area contributed by atoms with Crippen LogP contribution in [0.2, 0.25) is 0 Å². The molecule has 2 amide bonds. The Labute approximate surface area is 213 Å². The van der Waals surface area contributed by atoms with E-state index in [9.17, 15) is 23.2 Å². The molecule has 0 fully saturated rings. The van der Waals surface area contributed by atoms with E-state index in [1.54, 1.807) is 31.3 Å². The quantitative estimate of drug-likeness (QED) is 0.336. The predicted octanol–water partition coefficient (Wildman–Crippen LogP) is 2.54. The number of nitrogens with zero attached hydrogens (tertiary/aromatic N) is 5. The molecular weight excluding hydrogens is 500 g/mol. The molecule has 4 aromatic heterocycles. The fraction of sp³-hybridized carbons (Fsp3) is 0.200. The van der Waals surface area contributed by atoms with Gasteiger partial charge in [-0.1, -0.05) is 12.1 Å². The highest BCUT2D eigenvalue weighted by Gasteiger charge is 2.25. The van der Waals surface area contributed by atoms with Crippen LogP contribution in [0.1, 0.15) is 44.7 Å². The maximum absolute atomic E-state index is 13.4. The highest BCUT2D eigenvalue weighted by atomic mass is 19.3. The van der Waals surface area contributed by atoms with Crippen LogP contribution >= 0.6 is 0 Å². The van der Waals surface area contributed by atoms with Gasteiger partial charge < -0.3 is 15.1 Å². The van der Waals surface area contributed by atoms with Gasteiger partial charge >= 0.3 is 5.76 Å². The molecule has 0 saturated heterocycles. The largest absolute Gasteiger partial charge is 0.419 e. The van der Waals surface area contributed by atoms with Crippen molar-refractivity contribution in [2.75, 3.05) is 0 Å². The van der Waals surface area contributed by atoms with Gasteiger partial charge in [0.1, 0.15) is 17.1 Å². The molecular formula is C25H21F2N7O4. The number of aromatic nitrogens is 5. The first-order valence-electron chi connectivity index (χ1n) is 11.4.